The van der Waals surface area contributed by atoms with Crippen molar-refractivity contribution in [2.75, 3.05) is 26.7 Å². The second kappa shape index (κ2) is 9.36. The molecule has 0 amide bonds. The van der Waals surface area contributed by atoms with Crippen LogP contribution in [-0.4, -0.2) is 48.8 Å². The summed E-state index contributed by atoms with van der Waals surface area (Å²) in [6.45, 7) is 5.44. The minimum absolute atomic E-state index is 0.291. The SMILES string of the molecule is C/C=C/C(=O)OCCN(C)CC(O)CCC. The molecule has 4 nitrogen and oxygen atoms in total. The molecule has 0 bridgehead atoms. The number of nitrogens with zero attached hydrogens (tertiary/aromatic N) is 1. The average molecular weight is 229 g/mol. The summed E-state index contributed by atoms with van der Waals surface area (Å²) in [4.78, 5) is 12.9. The number of carbonyl (C=O) groups is 1. The molecule has 0 spiro atoms. The van der Waals surface area contributed by atoms with Crippen LogP contribution in [0.2, 0.25) is 0 Å². The molecule has 0 heterocycles. The van der Waals surface area contributed by atoms with Crippen LogP contribution in [0.15, 0.2) is 12.2 Å². The standard InChI is InChI=1S/C12H23NO3/c1-4-6-11(14)10-13(3)8-9-16-12(15)7-5-2/h5,7,11,14H,4,6,8-10H2,1-3H3/b7-5+. The van der Waals surface area contributed by atoms with E-state index >= 15 is 0 Å². The van der Waals surface area contributed by atoms with Gasteiger partial charge in [-0.15, -0.1) is 0 Å². The molecule has 1 atom stereocenters. The Morgan fingerprint density at radius 2 is 2.25 bits per heavy atom. The summed E-state index contributed by atoms with van der Waals surface area (Å²) < 4.78 is 4.95. The number of esters is 1. The van der Waals surface area contributed by atoms with Gasteiger partial charge in [0.2, 0.25) is 0 Å². The van der Waals surface area contributed by atoms with Gasteiger partial charge in [-0.2, -0.15) is 0 Å². The molecular weight excluding hydrogens is 206 g/mol. The highest BCUT2D eigenvalue weighted by Crippen LogP contribution is 1.98. The lowest BCUT2D eigenvalue weighted by atomic mass is 10.2. The summed E-state index contributed by atoms with van der Waals surface area (Å²) in [5, 5.41) is 9.55. The summed E-state index contributed by atoms with van der Waals surface area (Å²) in [6.07, 6.45) is 4.54. The largest absolute Gasteiger partial charge is 0.461 e. The Kier molecular flexibility index (Phi) is 8.85. The predicted molar refractivity (Wildman–Crippen MR) is 64.2 cm³/mol. The van der Waals surface area contributed by atoms with Crippen LogP contribution in [0.3, 0.4) is 0 Å². The van der Waals surface area contributed by atoms with Crippen molar-refractivity contribution in [3.8, 4) is 0 Å². The Balaban J connectivity index is 3.57. The van der Waals surface area contributed by atoms with E-state index in [9.17, 15) is 9.90 Å². The first-order valence-corrected chi connectivity index (χ1v) is 5.76. The van der Waals surface area contributed by atoms with Gasteiger partial charge < -0.3 is 14.7 Å². The van der Waals surface area contributed by atoms with Gasteiger partial charge in [0.15, 0.2) is 0 Å². The predicted octanol–water partition coefficient (Wildman–Crippen LogP) is 1.20. The van der Waals surface area contributed by atoms with Gasteiger partial charge in [-0.3, -0.25) is 0 Å². The van der Waals surface area contributed by atoms with E-state index in [2.05, 4.69) is 0 Å². The zero-order valence-electron chi connectivity index (χ0n) is 10.5. The van der Waals surface area contributed by atoms with Gasteiger partial charge >= 0.3 is 5.97 Å². The van der Waals surface area contributed by atoms with Gasteiger partial charge in [0, 0.05) is 19.2 Å². The number of likely N-dealkylation sites (N-methyl/N-ethyl adjacent to an activating group) is 1. The van der Waals surface area contributed by atoms with Crippen LogP contribution < -0.4 is 0 Å². The molecule has 0 aromatic heterocycles. The lowest BCUT2D eigenvalue weighted by Gasteiger charge is -2.19. The first kappa shape index (κ1) is 15.1. The molecule has 0 fully saturated rings. The van der Waals surface area contributed by atoms with Crippen molar-refractivity contribution in [3.63, 3.8) is 0 Å². The average Bonchev–Trinajstić information content (AvgIpc) is 2.18. The number of aliphatic hydroxyl groups excluding tert-OH is 1. The minimum atomic E-state index is -0.315. The zero-order chi connectivity index (χ0) is 12.4. The Bertz CT molecular complexity index is 216. The van der Waals surface area contributed by atoms with E-state index in [0.717, 1.165) is 12.8 Å². The van der Waals surface area contributed by atoms with Crippen molar-refractivity contribution in [2.24, 2.45) is 0 Å². The van der Waals surface area contributed by atoms with Crippen molar-refractivity contribution in [1.29, 1.82) is 0 Å². The van der Waals surface area contributed by atoms with Crippen LogP contribution in [-0.2, 0) is 9.53 Å². The molecule has 0 aromatic rings. The molecule has 16 heavy (non-hydrogen) atoms. The number of carbonyl (C=O) groups excluding carboxylic acids is 1. The number of hydrogen-bond acceptors (Lipinski definition) is 4. The van der Waals surface area contributed by atoms with Crippen molar-refractivity contribution in [1.82, 2.24) is 4.90 Å². The molecule has 94 valence electrons. The third-order valence-electron chi connectivity index (χ3n) is 2.16. The molecule has 0 aliphatic rings. The van der Waals surface area contributed by atoms with E-state index in [1.807, 2.05) is 18.9 Å². The monoisotopic (exact) mass is 229 g/mol. The fraction of sp³-hybridized carbons (Fsp3) is 0.750. The summed E-state index contributed by atoms with van der Waals surface area (Å²) in [7, 11) is 1.91. The Labute approximate surface area is 97.9 Å². The number of allylic oxidation sites excluding steroid dienone is 1. The molecule has 0 rings (SSSR count). The van der Waals surface area contributed by atoms with Crippen molar-refractivity contribution in [2.45, 2.75) is 32.8 Å². The quantitative estimate of drug-likeness (QED) is 0.502. The van der Waals surface area contributed by atoms with Crippen molar-refractivity contribution >= 4 is 5.97 Å². The van der Waals surface area contributed by atoms with E-state index < -0.39 is 0 Å². The van der Waals surface area contributed by atoms with Crippen molar-refractivity contribution in [3.05, 3.63) is 12.2 Å². The van der Waals surface area contributed by atoms with Gasteiger partial charge in [0.1, 0.15) is 6.61 Å². The maximum atomic E-state index is 11.0. The maximum Gasteiger partial charge on any atom is 0.330 e. The van der Waals surface area contributed by atoms with Crippen LogP contribution in [0.25, 0.3) is 0 Å². The summed E-state index contributed by atoms with van der Waals surface area (Å²) in [5.41, 5.74) is 0. The summed E-state index contributed by atoms with van der Waals surface area (Å²) >= 11 is 0. The van der Waals surface area contributed by atoms with Crippen molar-refractivity contribution < 1.29 is 14.6 Å². The topological polar surface area (TPSA) is 49.8 Å². The normalized spacial score (nSPS) is 13.3. The van der Waals surface area contributed by atoms with Gasteiger partial charge in [0.05, 0.1) is 6.10 Å². The third kappa shape index (κ3) is 8.44. The summed E-state index contributed by atoms with van der Waals surface area (Å²) in [5.74, 6) is -0.315. The van der Waals surface area contributed by atoms with Gasteiger partial charge in [-0.05, 0) is 20.4 Å². The Morgan fingerprint density at radius 1 is 1.56 bits per heavy atom. The van der Waals surface area contributed by atoms with Gasteiger partial charge in [0.25, 0.3) is 0 Å². The minimum Gasteiger partial charge on any atom is -0.461 e. The lowest BCUT2D eigenvalue weighted by molar-refractivity contribution is -0.138. The van der Waals surface area contributed by atoms with E-state index in [1.165, 1.54) is 6.08 Å². The molecule has 1 N–H and O–H groups in total. The van der Waals surface area contributed by atoms with Gasteiger partial charge in [-0.1, -0.05) is 19.4 Å². The second-order valence-corrected chi connectivity index (χ2v) is 3.87. The van der Waals surface area contributed by atoms with E-state index in [1.54, 1.807) is 13.0 Å². The fourth-order valence-electron chi connectivity index (χ4n) is 1.36. The molecule has 4 heteroatoms. The molecule has 0 saturated carbocycles. The van der Waals surface area contributed by atoms with Crippen LogP contribution in [0.5, 0.6) is 0 Å². The molecule has 0 aromatic carbocycles. The molecule has 1 unspecified atom stereocenters. The highest BCUT2D eigenvalue weighted by atomic mass is 16.5. The number of ether oxygens (including phenoxy) is 1. The van der Waals surface area contributed by atoms with Crippen LogP contribution in [0.4, 0.5) is 0 Å². The number of aliphatic hydroxyl groups is 1. The fourth-order valence-corrected chi connectivity index (χ4v) is 1.36. The second-order valence-electron chi connectivity index (χ2n) is 3.87. The smallest absolute Gasteiger partial charge is 0.330 e. The maximum absolute atomic E-state index is 11.0. The summed E-state index contributed by atoms with van der Waals surface area (Å²) in [6, 6.07) is 0. The highest BCUT2D eigenvalue weighted by Gasteiger charge is 2.07. The molecule has 0 aliphatic carbocycles. The molecule has 0 aliphatic heterocycles. The molecule has 0 saturated heterocycles. The third-order valence-corrected chi connectivity index (χ3v) is 2.16. The van der Waals surface area contributed by atoms with E-state index in [-0.39, 0.29) is 12.1 Å². The highest BCUT2D eigenvalue weighted by molar-refractivity contribution is 5.81. The number of rotatable bonds is 8. The van der Waals surface area contributed by atoms with E-state index in [0.29, 0.717) is 19.7 Å². The number of hydrogen-bond donors (Lipinski definition) is 1. The first-order chi connectivity index (χ1) is 7.60. The molecular formula is C12H23NO3. The molecule has 0 radical (unpaired) electrons. The Hall–Kier alpha value is -0.870. The van der Waals surface area contributed by atoms with Crippen LogP contribution in [0.1, 0.15) is 26.7 Å². The van der Waals surface area contributed by atoms with Crippen LogP contribution in [0, 0.1) is 0 Å². The lowest BCUT2D eigenvalue weighted by Crippen LogP contribution is -2.32. The van der Waals surface area contributed by atoms with E-state index in [4.69, 9.17) is 4.74 Å². The first-order valence-electron chi connectivity index (χ1n) is 5.76. The van der Waals surface area contributed by atoms with Crippen LogP contribution >= 0.6 is 0 Å². The van der Waals surface area contributed by atoms with Gasteiger partial charge in [-0.25, -0.2) is 4.79 Å². The zero-order valence-corrected chi connectivity index (χ0v) is 10.5. The Morgan fingerprint density at radius 3 is 2.81 bits per heavy atom.